The average molecular weight is 285 g/mol. The minimum atomic E-state index is 0.327. The first kappa shape index (κ1) is 14.1. The van der Waals surface area contributed by atoms with Crippen LogP contribution in [0.2, 0.25) is 5.02 Å². The third kappa shape index (κ3) is 2.97. The monoisotopic (exact) mass is 284 g/mol. The second-order valence-electron chi connectivity index (χ2n) is 5.74. The molecule has 1 fully saturated rings. The van der Waals surface area contributed by atoms with E-state index >= 15 is 0 Å². The Morgan fingerprint density at radius 3 is 2.56 bits per heavy atom. The van der Waals surface area contributed by atoms with Crippen molar-refractivity contribution in [3.8, 4) is 5.75 Å². The van der Waals surface area contributed by atoms with Crippen LogP contribution in [-0.4, -0.2) is 12.4 Å². The van der Waals surface area contributed by atoms with Crippen LogP contribution in [0.15, 0.2) is 12.1 Å². The van der Waals surface area contributed by atoms with Gasteiger partial charge in [-0.2, -0.15) is 12.6 Å². The van der Waals surface area contributed by atoms with Gasteiger partial charge in [-0.1, -0.05) is 25.4 Å². The van der Waals surface area contributed by atoms with Gasteiger partial charge in [-0.15, -0.1) is 0 Å². The molecule has 0 bridgehead atoms. The molecule has 0 heterocycles. The Morgan fingerprint density at radius 2 is 2.06 bits per heavy atom. The van der Waals surface area contributed by atoms with Gasteiger partial charge in [-0.25, -0.2) is 0 Å². The van der Waals surface area contributed by atoms with Crippen LogP contribution in [0.5, 0.6) is 5.75 Å². The van der Waals surface area contributed by atoms with Crippen LogP contribution in [-0.2, 0) is 0 Å². The Morgan fingerprint density at radius 1 is 1.39 bits per heavy atom. The summed E-state index contributed by atoms with van der Waals surface area (Å²) >= 11 is 10.7. The zero-order chi connectivity index (χ0) is 13.3. The average Bonchev–Trinajstić information content (AvgIpc) is 3.08. The summed E-state index contributed by atoms with van der Waals surface area (Å²) in [6.45, 7) is 7.12. The lowest BCUT2D eigenvalue weighted by atomic mass is 10.0. The third-order valence-corrected chi connectivity index (χ3v) is 4.74. The summed E-state index contributed by atoms with van der Waals surface area (Å²) in [5.41, 5.74) is 2.60. The maximum Gasteiger partial charge on any atom is 0.122 e. The van der Waals surface area contributed by atoms with Crippen LogP contribution in [0.3, 0.4) is 0 Å². The van der Waals surface area contributed by atoms with Crippen molar-refractivity contribution < 1.29 is 4.74 Å². The molecule has 2 rings (SSSR count). The maximum atomic E-state index is 6.26. The minimum Gasteiger partial charge on any atom is -0.493 e. The number of hydrogen-bond acceptors (Lipinski definition) is 2. The molecule has 1 aliphatic carbocycles. The summed E-state index contributed by atoms with van der Waals surface area (Å²) in [5, 5.41) is 0.838. The second-order valence-corrected chi connectivity index (χ2v) is 6.46. The number of halogens is 1. The van der Waals surface area contributed by atoms with Crippen molar-refractivity contribution in [1.29, 1.82) is 0 Å². The minimum absolute atomic E-state index is 0.327. The van der Waals surface area contributed by atoms with Crippen LogP contribution in [0, 0.1) is 12.3 Å². The summed E-state index contributed by atoms with van der Waals surface area (Å²) in [6, 6.07) is 4.10. The normalized spacial score (nSPS) is 17.0. The molecular formula is C15H21ClOS. The Labute approximate surface area is 120 Å². The number of rotatable bonds is 5. The van der Waals surface area contributed by atoms with Gasteiger partial charge >= 0.3 is 0 Å². The lowest BCUT2D eigenvalue weighted by molar-refractivity contribution is 0.249. The van der Waals surface area contributed by atoms with Gasteiger partial charge in [0.2, 0.25) is 0 Å². The molecule has 1 saturated carbocycles. The highest BCUT2D eigenvalue weighted by molar-refractivity contribution is 7.80. The van der Waals surface area contributed by atoms with E-state index in [-0.39, 0.29) is 0 Å². The summed E-state index contributed by atoms with van der Waals surface area (Å²) in [4.78, 5) is 0. The number of thiol groups is 1. The van der Waals surface area contributed by atoms with Gasteiger partial charge in [0.1, 0.15) is 5.75 Å². The predicted molar refractivity (Wildman–Crippen MR) is 81.3 cm³/mol. The Bertz CT molecular complexity index is 438. The highest BCUT2D eigenvalue weighted by Crippen LogP contribution is 2.47. The Kier molecular flexibility index (Phi) is 4.18. The van der Waals surface area contributed by atoms with Crippen LogP contribution in [0.1, 0.15) is 43.7 Å². The Balaban J connectivity index is 2.14. The standard InChI is InChI=1S/C15H21ClOS/c1-10(2)12-7-14(11(3)6-13(12)16)17-8-15(9-18)4-5-15/h6-7,10,18H,4-5,8-9H2,1-3H3. The summed E-state index contributed by atoms with van der Waals surface area (Å²) < 4.78 is 5.99. The van der Waals surface area contributed by atoms with Crippen molar-refractivity contribution in [3.05, 3.63) is 28.3 Å². The van der Waals surface area contributed by atoms with Gasteiger partial charge in [-0.05, 0) is 54.7 Å². The molecule has 0 aliphatic heterocycles. The summed E-state index contributed by atoms with van der Waals surface area (Å²) in [5.74, 6) is 2.30. The first-order valence-corrected chi connectivity index (χ1v) is 7.52. The van der Waals surface area contributed by atoms with Crippen LogP contribution < -0.4 is 4.74 Å². The van der Waals surface area contributed by atoms with Crippen LogP contribution >= 0.6 is 24.2 Å². The zero-order valence-electron chi connectivity index (χ0n) is 11.3. The fourth-order valence-electron chi connectivity index (χ4n) is 2.02. The molecule has 0 N–H and O–H groups in total. The fraction of sp³-hybridized carbons (Fsp3) is 0.600. The molecule has 0 amide bonds. The largest absolute Gasteiger partial charge is 0.493 e. The predicted octanol–water partition coefficient (Wildman–Crippen LogP) is 4.86. The van der Waals surface area contributed by atoms with E-state index in [1.165, 1.54) is 12.8 Å². The summed E-state index contributed by atoms with van der Waals surface area (Å²) in [7, 11) is 0. The maximum absolute atomic E-state index is 6.26. The van der Waals surface area contributed by atoms with E-state index in [0.717, 1.165) is 34.3 Å². The van der Waals surface area contributed by atoms with Gasteiger partial charge in [-0.3, -0.25) is 0 Å². The van der Waals surface area contributed by atoms with E-state index in [1.807, 2.05) is 13.0 Å². The quantitative estimate of drug-likeness (QED) is 0.760. The number of hydrogen-bond donors (Lipinski definition) is 1. The number of benzene rings is 1. The van der Waals surface area contributed by atoms with Gasteiger partial charge in [0.15, 0.2) is 0 Å². The lowest BCUT2D eigenvalue weighted by Crippen LogP contribution is -2.15. The molecule has 1 aromatic rings. The zero-order valence-corrected chi connectivity index (χ0v) is 12.9. The van der Waals surface area contributed by atoms with E-state index in [0.29, 0.717) is 11.3 Å². The van der Waals surface area contributed by atoms with Crippen molar-refractivity contribution >= 4 is 24.2 Å². The van der Waals surface area contributed by atoms with Crippen molar-refractivity contribution in [3.63, 3.8) is 0 Å². The van der Waals surface area contributed by atoms with Crippen molar-refractivity contribution in [1.82, 2.24) is 0 Å². The highest BCUT2D eigenvalue weighted by Gasteiger charge is 2.42. The van der Waals surface area contributed by atoms with Gasteiger partial charge in [0.05, 0.1) is 6.61 Å². The fourth-order valence-corrected chi connectivity index (χ4v) is 2.87. The molecule has 0 saturated heterocycles. The van der Waals surface area contributed by atoms with E-state index in [4.69, 9.17) is 16.3 Å². The lowest BCUT2D eigenvalue weighted by Gasteiger charge is -2.17. The van der Waals surface area contributed by atoms with Gasteiger partial charge in [0, 0.05) is 10.4 Å². The van der Waals surface area contributed by atoms with Crippen LogP contribution in [0.4, 0.5) is 0 Å². The molecule has 0 atom stereocenters. The topological polar surface area (TPSA) is 9.23 Å². The summed E-state index contributed by atoms with van der Waals surface area (Å²) in [6.07, 6.45) is 2.47. The third-order valence-electron chi connectivity index (χ3n) is 3.74. The molecule has 1 aromatic carbocycles. The van der Waals surface area contributed by atoms with E-state index < -0.39 is 0 Å². The van der Waals surface area contributed by atoms with Crippen molar-refractivity contribution in [2.24, 2.45) is 5.41 Å². The molecule has 0 unspecified atom stereocenters. The van der Waals surface area contributed by atoms with Crippen molar-refractivity contribution in [2.45, 2.75) is 39.5 Å². The molecule has 18 heavy (non-hydrogen) atoms. The van der Waals surface area contributed by atoms with Gasteiger partial charge in [0.25, 0.3) is 0 Å². The molecule has 1 nitrogen and oxygen atoms in total. The van der Waals surface area contributed by atoms with E-state index in [2.05, 4.69) is 32.5 Å². The molecule has 1 aliphatic rings. The SMILES string of the molecule is Cc1cc(Cl)c(C(C)C)cc1OCC1(CS)CC1. The Hall–Kier alpha value is -0.340. The first-order valence-electron chi connectivity index (χ1n) is 6.51. The number of aryl methyl sites for hydroxylation is 1. The van der Waals surface area contributed by atoms with E-state index in [1.54, 1.807) is 0 Å². The van der Waals surface area contributed by atoms with Gasteiger partial charge < -0.3 is 4.74 Å². The molecule has 0 radical (unpaired) electrons. The molecule has 100 valence electrons. The van der Waals surface area contributed by atoms with Crippen molar-refractivity contribution in [2.75, 3.05) is 12.4 Å². The molecule has 0 spiro atoms. The van der Waals surface area contributed by atoms with Crippen LogP contribution in [0.25, 0.3) is 0 Å². The smallest absolute Gasteiger partial charge is 0.122 e. The molecule has 0 aromatic heterocycles. The first-order chi connectivity index (χ1) is 8.47. The molecular weight excluding hydrogens is 264 g/mol. The highest BCUT2D eigenvalue weighted by atomic mass is 35.5. The number of ether oxygens (including phenoxy) is 1. The molecule has 3 heteroatoms. The second kappa shape index (κ2) is 5.34. The van der Waals surface area contributed by atoms with E-state index in [9.17, 15) is 0 Å².